The summed E-state index contributed by atoms with van der Waals surface area (Å²) in [5.41, 5.74) is 0. The van der Waals surface area contributed by atoms with Crippen LogP contribution < -0.4 is 0 Å². The van der Waals surface area contributed by atoms with Gasteiger partial charge in [0.05, 0.1) is 18.9 Å². The Bertz CT molecular complexity index is 475. The van der Waals surface area contributed by atoms with Gasteiger partial charge in [0.25, 0.3) is 0 Å². The number of aliphatic hydroxyl groups is 1. The minimum atomic E-state index is 0.0694. The van der Waals surface area contributed by atoms with Gasteiger partial charge in [-0.15, -0.1) is 5.10 Å². The molecule has 0 saturated carbocycles. The van der Waals surface area contributed by atoms with Gasteiger partial charge >= 0.3 is 0 Å². The quantitative estimate of drug-likeness (QED) is 0.829. The molecule has 2 aromatic rings. The molecule has 84 valence electrons. The summed E-state index contributed by atoms with van der Waals surface area (Å²) < 4.78 is 7.10. The Balaban J connectivity index is 2.02. The fourth-order valence-electron chi connectivity index (χ4n) is 2.12. The molecule has 3 heterocycles. The minimum absolute atomic E-state index is 0.0694. The molecule has 0 fully saturated rings. The van der Waals surface area contributed by atoms with Gasteiger partial charge < -0.3 is 9.52 Å². The van der Waals surface area contributed by atoms with E-state index in [1.807, 2.05) is 16.8 Å². The molecule has 16 heavy (non-hydrogen) atoms. The highest BCUT2D eigenvalue weighted by atomic mass is 16.3. The molecule has 0 spiro atoms. The third-order valence-corrected chi connectivity index (χ3v) is 2.94. The summed E-state index contributed by atoms with van der Waals surface area (Å²) >= 11 is 0. The molecule has 1 aliphatic rings. The summed E-state index contributed by atoms with van der Waals surface area (Å²) in [7, 11) is 0. The van der Waals surface area contributed by atoms with Crippen molar-refractivity contribution in [3.05, 3.63) is 24.2 Å². The van der Waals surface area contributed by atoms with Crippen molar-refractivity contribution < 1.29 is 9.52 Å². The Labute approximate surface area is 92.7 Å². The lowest BCUT2D eigenvalue weighted by Gasteiger charge is -2.20. The van der Waals surface area contributed by atoms with Gasteiger partial charge in [-0.25, -0.2) is 9.67 Å². The summed E-state index contributed by atoms with van der Waals surface area (Å²) in [4.78, 5) is 4.44. The van der Waals surface area contributed by atoms with Crippen LogP contribution in [0, 0.1) is 0 Å². The maximum Gasteiger partial charge on any atom is 0.217 e. The van der Waals surface area contributed by atoms with E-state index in [9.17, 15) is 5.11 Å². The third kappa shape index (κ3) is 1.44. The first-order chi connectivity index (χ1) is 7.88. The van der Waals surface area contributed by atoms with Crippen LogP contribution in [0.25, 0.3) is 11.6 Å². The molecular weight excluding hydrogens is 206 g/mol. The second kappa shape index (κ2) is 3.75. The Morgan fingerprint density at radius 3 is 3.25 bits per heavy atom. The van der Waals surface area contributed by atoms with E-state index in [0.717, 1.165) is 25.1 Å². The molecule has 0 aromatic carbocycles. The highest BCUT2D eigenvalue weighted by Gasteiger charge is 2.23. The van der Waals surface area contributed by atoms with E-state index < -0.39 is 0 Å². The van der Waals surface area contributed by atoms with E-state index in [1.165, 1.54) is 0 Å². The number of furan rings is 1. The predicted octanol–water partition coefficient (Wildman–Crippen LogP) is 1.41. The summed E-state index contributed by atoms with van der Waals surface area (Å²) in [6.45, 7) is 0.119. The number of aryl methyl sites for hydroxylation is 1. The number of rotatable bonds is 2. The van der Waals surface area contributed by atoms with Gasteiger partial charge in [0.1, 0.15) is 5.82 Å². The van der Waals surface area contributed by atoms with Crippen LogP contribution in [0.5, 0.6) is 0 Å². The topological polar surface area (TPSA) is 64.1 Å². The fraction of sp³-hybridized carbons (Fsp3) is 0.455. The van der Waals surface area contributed by atoms with Crippen LogP contribution in [0.15, 0.2) is 22.8 Å². The second-order valence-electron chi connectivity index (χ2n) is 4.00. The van der Waals surface area contributed by atoms with Gasteiger partial charge in [0.15, 0.2) is 5.76 Å². The van der Waals surface area contributed by atoms with Crippen molar-refractivity contribution in [3.63, 3.8) is 0 Å². The Kier molecular flexibility index (Phi) is 2.25. The van der Waals surface area contributed by atoms with Crippen molar-refractivity contribution in [1.29, 1.82) is 0 Å². The Morgan fingerprint density at radius 1 is 1.56 bits per heavy atom. The molecule has 1 aliphatic heterocycles. The van der Waals surface area contributed by atoms with Crippen molar-refractivity contribution in [2.75, 3.05) is 6.61 Å². The van der Waals surface area contributed by atoms with E-state index in [4.69, 9.17) is 4.42 Å². The first-order valence-corrected chi connectivity index (χ1v) is 5.48. The standard InChI is InChI=1S/C11H13N3O2/c15-7-8-3-1-5-10-12-11(13-14(8)10)9-4-2-6-16-9/h2,4,6,8,15H,1,3,5,7H2. The number of nitrogens with zero attached hydrogens (tertiary/aromatic N) is 3. The van der Waals surface area contributed by atoms with Gasteiger partial charge in [-0.05, 0) is 25.0 Å². The van der Waals surface area contributed by atoms with E-state index in [-0.39, 0.29) is 12.6 Å². The van der Waals surface area contributed by atoms with Gasteiger partial charge in [-0.1, -0.05) is 0 Å². The highest BCUT2D eigenvalue weighted by molar-refractivity contribution is 5.45. The van der Waals surface area contributed by atoms with Crippen molar-refractivity contribution >= 4 is 0 Å². The molecule has 3 rings (SSSR count). The zero-order valence-electron chi connectivity index (χ0n) is 8.83. The summed E-state index contributed by atoms with van der Waals surface area (Å²) in [6, 6.07) is 3.73. The van der Waals surface area contributed by atoms with Crippen LogP contribution in [-0.4, -0.2) is 26.5 Å². The Morgan fingerprint density at radius 2 is 2.50 bits per heavy atom. The largest absolute Gasteiger partial charge is 0.461 e. The number of hydrogen-bond acceptors (Lipinski definition) is 4. The first-order valence-electron chi connectivity index (χ1n) is 5.48. The summed E-state index contributed by atoms with van der Waals surface area (Å²) in [5, 5.41) is 13.7. The lowest BCUT2D eigenvalue weighted by molar-refractivity contribution is 0.195. The zero-order valence-corrected chi connectivity index (χ0v) is 8.83. The monoisotopic (exact) mass is 219 g/mol. The lowest BCUT2D eigenvalue weighted by atomic mass is 10.1. The maximum atomic E-state index is 9.27. The molecule has 1 atom stereocenters. The fourth-order valence-corrected chi connectivity index (χ4v) is 2.12. The van der Waals surface area contributed by atoms with E-state index in [2.05, 4.69) is 10.1 Å². The van der Waals surface area contributed by atoms with Gasteiger partial charge in [0, 0.05) is 6.42 Å². The molecule has 1 unspecified atom stereocenters. The van der Waals surface area contributed by atoms with Gasteiger partial charge in [-0.2, -0.15) is 0 Å². The number of aliphatic hydroxyl groups excluding tert-OH is 1. The van der Waals surface area contributed by atoms with Crippen molar-refractivity contribution in [3.8, 4) is 11.6 Å². The molecule has 0 amide bonds. The molecule has 0 aliphatic carbocycles. The van der Waals surface area contributed by atoms with Crippen molar-refractivity contribution in [2.45, 2.75) is 25.3 Å². The lowest BCUT2D eigenvalue weighted by Crippen LogP contribution is -2.21. The van der Waals surface area contributed by atoms with Crippen LogP contribution in [0.1, 0.15) is 24.7 Å². The van der Waals surface area contributed by atoms with Crippen LogP contribution in [0.4, 0.5) is 0 Å². The second-order valence-corrected chi connectivity index (χ2v) is 4.00. The zero-order chi connectivity index (χ0) is 11.0. The number of fused-ring (bicyclic) bond motifs is 1. The summed E-state index contributed by atoms with van der Waals surface area (Å²) in [5.74, 6) is 2.23. The van der Waals surface area contributed by atoms with E-state index in [0.29, 0.717) is 11.6 Å². The van der Waals surface area contributed by atoms with E-state index >= 15 is 0 Å². The molecule has 5 nitrogen and oxygen atoms in total. The van der Waals surface area contributed by atoms with Crippen LogP contribution >= 0.6 is 0 Å². The van der Waals surface area contributed by atoms with Crippen molar-refractivity contribution in [1.82, 2.24) is 14.8 Å². The normalized spacial score (nSPS) is 19.7. The average molecular weight is 219 g/mol. The number of hydrogen-bond donors (Lipinski definition) is 1. The third-order valence-electron chi connectivity index (χ3n) is 2.94. The van der Waals surface area contributed by atoms with Crippen LogP contribution in [-0.2, 0) is 6.42 Å². The molecule has 5 heteroatoms. The van der Waals surface area contributed by atoms with Crippen LogP contribution in [0.3, 0.4) is 0 Å². The highest BCUT2D eigenvalue weighted by Crippen LogP contribution is 2.25. The molecular formula is C11H13N3O2. The smallest absolute Gasteiger partial charge is 0.217 e. The molecule has 1 N–H and O–H groups in total. The minimum Gasteiger partial charge on any atom is -0.461 e. The molecule has 2 aromatic heterocycles. The average Bonchev–Trinajstić information content (AvgIpc) is 2.96. The summed E-state index contributed by atoms with van der Waals surface area (Å²) in [6.07, 6.45) is 4.55. The first kappa shape index (κ1) is 9.59. The Hall–Kier alpha value is -1.62. The van der Waals surface area contributed by atoms with Crippen molar-refractivity contribution in [2.24, 2.45) is 0 Å². The molecule has 0 radical (unpaired) electrons. The number of aromatic nitrogens is 3. The SMILES string of the molecule is OCC1CCCc2nc(-c3ccco3)nn21. The van der Waals surface area contributed by atoms with E-state index in [1.54, 1.807) is 6.26 Å². The molecule has 0 saturated heterocycles. The van der Waals surface area contributed by atoms with Gasteiger partial charge in [-0.3, -0.25) is 0 Å². The van der Waals surface area contributed by atoms with Gasteiger partial charge in [0.2, 0.25) is 5.82 Å². The molecule has 0 bridgehead atoms. The van der Waals surface area contributed by atoms with Crippen LogP contribution in [0.2, 0.25) is 0 Å². The predicted molar refractivity (Wildman–Crippen MR) is 56.8 cm³/mol. The maximum absolute atomic E-state index is 9.27.